The van der Waals surface area contributed by atoms with Gasteiger partial charge in [-0.05, 0) is 0 Å². The first-order valence-electron chi connectivity index (χ1n) is 6.71. The molecule has 0 aliphatic carbocycles. The van der Waals surface area contributed by atoms with Gasteiger partial charge >= 0.3 is 10.4 Å². The number of aromatic nitrogens is 2. The van der Waals surface area contributed by atoms with Gasteiger partial charge in [-0.15, -0.1) is 0 Å². The molecule has 2 aliphatic rings. The first kappa shape index (κ1) is 16.9. The number of H-pyrrole nitrogens is 1. The summed E-state index contributed by atoms with van der Waals surface area (Å²) in [5.41, 5.74) is 5.09. The lowest BCUT2D eigenvalue weighted by Crippen LogP contribution is -2.44. The van der Waals surface area contributed by atoms with E-state index >= 15 is 0 Å². The van der Waals surface area contributed by atoms with Crippen LogP contribution in [-0.2, 0) is 19.3 Å². The number of aliphatic hydroxyl groups excluding tert-OH is 2. The van der Waals surface area contributed by atoms with Crippen molar-refractivity contribution in [1.29, 1.82) is 0 Å². The summed E-state index contributed by atoms with van der Waals surface area (Å²) in [5.74, 6) is -0.0319. The zero-order chi connectivity index (χ0) is 17.6. The molecule has 1 aromatic rings. The molecular weight excluding hydrogens is 350 g/mol. The maximum absolute atomic E-state index is 11.8. The molecule has 7 N–H and O–H groups in total. The number of anilines is 3. The standard InChI is InChI=1S/C10H15N5O8S/c11-10-13-7-4(8(18)14-10)12-2-15(7)9-6(17)5(16)3(23-9)1-22-24(19,20)21/h3,5-6,9,12,16-17H,1-2H2,(H,19,20,21)(H3,11,13,14,18)/t3-,5+,6+,9-/m1/s1. The van der Waals surface area contributed by atoms with Gasteiger partial charge in [0.25, 0.3) is 5.56 Å². The molecule has 0 spiro atoms. The lowest BCUT2D eigenvalue weighted by Gasteiger charge is -2.26. The number of aromatic amines is 1. The van der Waals surface area contributed by atoms with Crippen molar-refractivity contribution >= 4 is 27.9 Å². The van der Waals surface area contributed by atoms with E-state index in [-0.39, 0.29) is 24.1 Å². The predicted octanol–water partition coefficient (Wildman–Crippen LogP) is -3.19. The van der Waals surface area contributed by atoms with E-state index in [2.05, 4.69) is 19.5 Å². The first-order chi connectivity index (χ1) is 11.2. The highest BCUT2D eigenvalue weighted by Crippen LogP contribution is 2.33. The highest BCUT2D eigenvalue weighted by molar-refractivity contribution is 7.80. The summed E-state index contributed by atoms with van der Waals surface area (Å²) >= 11 is 0. The lowest BCUT2D eigenvalue weighted by atomic mass is 10.1. The third-order valence-electron chi connectivity index (χ3n) is 3.64. The van der Waals surface area contributed by atoms with Crippen molar-refractivity contribution in [2.75, 3.05) is 29.2 Å². The van der Waals surface area contributed by atoms with E-state index in [9.17, 15) is 23.4 Å². The summed E-state index contributed by atoms with van der Waals surface area (Å²) in [6.07, 6.45) is -5.30. The highest BCUT2D eigenvalue weighted by Gasteiger charge is 2.48. The molecule has 0 bridgehead atoms. The number of nitrogen functional groups attached to an aromatic ring is 1. The number of hydrogen-bond donors (Lipinski definition) is 6. The van der Waals surface area contributed by atoms with Crippen LogP contribution in [0.15, 0.2) is 4.79 Å². The second-order valence-electron chi connectivity index (χ2n) is 5.21. The number of hydrogen-bond acceptors (Lipinski definition) is 11. The molecule has 2 aliphatic heterocycles. The molecule has 4 atom stereocenters. The van der Waals surface area contributed by atoms with Crippen molar-refractivity contribution in [2.45, 2.75) is 24.5 Å². The Balaban J connectivity index is 1.81. The van der Waals surface area contributed by atoms with Crippen molar-refractivity contribution in [3.63, 3.8) is 0 Å². The van der Waals surface area contributed by atoms with Gasteiger partial charge in [-0.3, -0.25) is 14.3 Å². The Kier molecular flexibility index (Phi) is 4.10. The van der Waals surface area contributed by atoms with E-state index in [0.717, 1.165) is 0 Å². The van der Waals surface area contributed by atoms with Crippen LogP contribution >= 0.6 is 0 Å². The van der Waals surface area contributed by atoms with Crippen LogP contribution in [0.3, 0.4) is 0 Å². The molecule has 14 heteroatoms. The quantitative estimate of drug-likeness (QED) is 0.292. The fourth-order valence-corrected chi connectivity index (χ4v) is 2.88. The molecule has 13 nitrogen and oxygen atoms in total. The van der Waals surface area contributed by atoms with Crippen LogP contribution in [0.4, 0.5) is 17.5 Å². The number of fused-ring (bicyclic) bond motifs is 1. The van der Waals surface area contributed by atoms with Gasteiger partial charge in [-0.2, -0.15) is 13.4 Å². The second kappa shape index (κ2) is 5.83. The molecular formula is C10H15N5O8S. The molecule has 0 aromatic carbocycles. The minimum absolute atomic E-state index is 0.0369. The van der Waals surface area contributed by atoms with Gasteiger partial charge in [0, 0.05) is 0 Å². The molecule has 24 heavy (non-hydrogen) atoms. The molecule has 1 fully saturated rings. The summed E-state index contributed by atoms with van der Waals surface area (Å²) in [6, 6.07) is 0. The third-order valence-corrected chi connectivity index (χ3v) is 4.08. The van der Waals surface area contributed by atoms with Crippen LogP contribution in [0.2, 0.25) is 0 Å². The van der Waals surface area contributed by atoms with Crippen LogP contribution in [0.5, 0.6) is 0 Å². The van der Waals surface area contributed by atoms with Crippen molar-refractivity contribution in [3.8, 4) is 0 Å². The van der Waals surface area contributed by atoms with E-state index in [4.69, 9.17) is 15.0 Å². The zero-order valence-electron chi connectivity index (χ0n) is 12.0. The van der Waals surface area contributed by atoms with Crippen LogP contribution in [0.25, 0.3) is 0 Å². The van der Waals surface area contributed by atoms with Crippen molar-refractivity contribution in [2.24, 2.45) is 0 Å². The fourth-order valence-electron chi connectivity index (χ4n) is 2.57. The Hall–Kier alpha value is -1.97. The van der Waals surface area contributed by atoms with Crippen LogP contribution in [0.1, 0.15) is 0 Å². The van der Waals surface area contributed by atoms with E-state index in [1.165, 1.54) is 4.90 Å². The minimum atomic E-state index is -4.72. The Bertz CT molecular complexity index is 797. The Labute approximate surface area is 135 Å². The van der Waals surface area contributed by atoms with Gasteiger partial charge in [0.1, 0.15) is 24.0 Å². The van der Waals surface area contributed by atoms with Crippen LogP contribution < -0.4 is 21.5 Å². The number of aliphatic hydroxyl groups is 2. The maximum Gasteiger partial charge on any atom is 0.397 e. The smallest absolute Gasteiger partial charge is 0.387 e. The van der Waals surface area contributed by atoms with Crippen molar-refractivity contribution < 1.29 is 32.1 Å². The molecule has 134 valence electrons. The summed E-state index contributed by atoms with van der Waals surface area (Å²) < 4.78 is 39.3. The average Bonchev–Trinajstić information content (AvgIpc) is 3.00. The second-order valence-corrected chi connectivity index (χ2v) is 6.30. The van der Waals surface area contributed by atoms with Crippen LogP contribution in [-0.4, -0.2) is 71.0 Å². The van der Waals surface area contributed by atoms with E-state index in [1.807, 2.05) is 0 Å². The zero-order valence-corrected chi connectivity index (χ0v) is 12.8. The van der Waals surface area contributed by atoms with Gasteiger partial charge in [-0.25, -0.2) is 4.18 Å². The van der Waals surface area contributed by atoms with Gasteiger partial charge in [-0.1, -0.05) is 0 Å². The third kappa shape index (κ3) is 3.02. The molecule has 1 saturated heterocycles. The fraction of sp³-hybridized carbons (Fsp3) is 0.600. The van der Waals surface area contributed by atoms with Crippen LogP contribution in [0, 0.1) is 0 Å². The van der Waals surface area contributed by atoms with Gasteiger partial charge in [0.2, 0.25) is 5.95 Å². The molecule has 0 saturated carbocycles. The van der Waals surface area contributed by atoms with E-state index < -0.39 is 47.1 Å². The molecule has 3 rings (SSSR count). The molecule has 3 heterocycles. The molecule has 0 unspecified atom stereocenters. The SMILES string of the molecule is Nc1nc2c(c(=O)[nH]1)NCN2[C@@H]1O[C@H](COS(=O)(=O)O)[C@H](O)[C@@H]1O. The number of ether oxygens (including phenoxy) is 1. The summed E-state index contributed by atoms with van der Waals surface area (Å²) in [5, 5.41) is 22.8. The molecule has 0 radical (unpaired) electrons. The Morgan fingerprint density at radius 1 is 1.42 bits per heavy atom. The summed E-state index contributed by atoms with van der Waals surface area (Å²) in [7, 11) is -4.72. The molecule has 0 amide bonds. The number of rotatable bonds is 4. The van der Waals surface area contributed by atoms with Gasteiger partial charge < -0.3 is 30.9 Å². The number of nitrogens with one attached hydrogen (secondary N) is 2. The topological polar surface area (TPSA) is 200 Å². The average molecular weight is 365 g/mol. The monoisotopic (exact) mass is 365 g/mol. The lowest BCUT2D eigenvalue weighted by molar-refractivity contribution is -0.0168. The number of nitrogens with two attached hydrogens (primary N) is 1. The minimum Gasteiger partial charge on any atom is -0.387 e. The number of nitrogens with zero attached hydrogens (tertiary/aromatic N) is 2. The van der Waals surface area contributed by atoms with Gasteiger partial charge in [0.15, 0.2) is 12.0 Å². The van der Waals surface area contributed by atoms with Crippen molar-refractivity contribution in [1.82, 2.24) is 9.97 Å². The maximum atomic E-state index is 11.8. The Morgan fingerprint density at radius 3 is 2.79 bits per heavy atom. The van der Waals surface area contributed by atoms with Crippen molar-refractivity contribution in [3.05, 3.63) is 10.4 Å². The largest absolute Gasteiger partial charge is 0.397 e. The van der Waals surface area contributed by atoms with E-state index in [0.29, 0.717) is 0 Å². The summed E-state index contributed by atoms with van der Waals surface area (Å²) in [4.78, 5) is 19.4. The highest BCUT2D eigenvalue weighted by atomic mass is 32.3. The Morgan fingerprint density at radius 2 is 2.12 bits per heavy atom. The van der Waals surface area contributed by atoms with E-state index in [1.54, 1.807) is 0 Å². The summed E-state index contributed by atoms with van der Waals surface area (Å²) in [6.45, 7) is -0.665. The first-order valence-corrected chi connectivity index (χ1v) is 8.07. The predicted molar refractivity (Wildman–Crippen MR) is 78.4 cm³/mol. The molecule has 1 aromatic heterocycles. The van der Waals surface area contributed by atoms with Gasteiger partial charge in [0.05, 0.1) is 13.3 Å². The normalized spacial score (nSPS) is 29.5.